The lowest BCUT2D eigenvalue weighted by molar-refractivity contribution is 0.105. The van der Waals surface area contributed by atoms with Crippen LogP contribution in [0, 0.1) is 5.92 Å². The summed E-state index contributed by atoms with van der Waals surface area (Å²) in [5.41, 5.74) is 2.37. The molecule has 3 rings (SSSR count). The van der Waals surface area contributed by atoms with Gasteiger partial charge in [-0.3, -0.25) is 4.98 Å². The van der Waals surface area contributed by atoms with Crippen molar-refractivity contribution in [2.75, 3.05) is 13.2 Å². The number of aromatic nitrogens is 1. The lowest BCUT2D eigenvalue weighted by Crippen LogP contribution is -2.26. The van der Waals surface area contributed by atoms with Crippen LogP contribution in [0.2, 0.25) is 0 Å². The van der Waals surface area contributed by atoms with Gasteiger partial charge in [0.25, 0.3) is 0 Å². The summed E-state index contributed by atoms with van der Waals surface area (Å²) in [6.07, 6.45) is 3.42. The van der Waals surface area contributed by atoms with Gasteiger partial charge in [0.15, 0.2) is 0 Å². The first-order valence-corrected chi connectivity index (χ1v) is 6.99. The molecule has 1 aromatic heterocycles. The summed E-state index contributed by atoms with van der Waals surface area (Å²) in [4.78, 5) is 4.48. The van der Waals surface area contributed by atoms with E-state index >= 15 is 0 Å². The first-order valence-electron chi connectivity index (χ1n) is 6.99. The van der Waals surface area contributed by atoms with Crippen molar-refractivity contribution in [3.8, 4) is 0 Å². The van der Waals surface area contributed by atoms with E-state index in [9.17, 15) is 0 Å². The van der Waals surface area contributed by atoms with Crippen LogP contribution in [0.15, 0.2) is 36.5 Å². The van der Waals surface area contributed by atoms with Crippen LogP contribution in [0.5, 0.6) is 0 Å². The molecule has 3 nitrogen and oxygen atoms in total. The zero-order valence-corrected chi connectivity index (χ0v) is 11.3. The number of nitrogens with one attached hydrogen (secondary N) is 1. The molecule has 2 unspecified atom stereocenters. The number of pyridine rings is 1. The quantitative estimate of drug-likeness (QED) is 0.913. The van der Waals surface area contributed by atoms with Crippen LogP contribution in [0.3, 0.4) is 0 Å². The van der Waals surface area contributed by atoms with Crippen molar-refractivity contribution >= 4 is 10.9 Å². The lowest BCUT2D eigenvalue weighted by Gasteiger charge is -2.15. The van der Waals surface area contributed by atoms with Gasteiger partial charge in [0.05, 0.1) is 11.6 Å². The SMILES string of the molecule is CC1OCCC1CNCc1cccc2cccnc12. The number of fused-ring (bicyclic) bond motifs is 1. The summed E-state index contributed by atoms with van der Waals surface area (Å²) in [5.74, 6) is 0.642. The topological polar surface area (TPSA) is 34.1 Å². The number of ether oxygens (including phenoxy) is 1. The van der Waals surface area contributed by atoms with Crippen molar-refractivity contribution in [1.29, 1.82) is 0 Å². The van der Waals surface area contributed by atoms with Gasteiger partial charge in [-0.05, 0) is 30.9 Å². The monoisotopic (exact) mass is 256 g/mol. The Bertz CT molecular complexity index is 550. The highest BCUT2D eigenvalue weighted by atomic mass is 16.5. The molecule has 1 fully saturated rings. The fourth-order valence-electron chi connectivity index (χ4n) is 2.75. The minimum absolute atomic E-state index is 0.387. The van der Waals surface area contributed by atoms with Crippen LogP contribution in [0.25, 0.3) is 10.9 Å². The van der Waals surface area contributed by atoms with E-state index in [1.807, 2.05) is 12.3 Å². The van der Waals surface area contributed by atoms with E-state index in [1.54, 1.807) is 0 Å². The Morgan fingerprint density at radius 1 is 1.32 bits per heavy atom. The third kappa shape index (κ3) is 2.77. The van der Waals surface area contributed by atoms with E-state index in [-0.39, 0.29) is 0 Å². The second kappa shape index (κ2) is 5.68. The van der Waals surface area contributed by atoms with E-state index in [4.69, 9.17) is 4.74 Å². The summed E-state index contributed by atoms with van der Waals surface area (Å²) in [5, 5.41) is 4.75. The van der Waals surface area contributed by atoms with Crippen LogP contribution >= 0.6 is 0 Å². The van der Waals surface area contributed by atoms with Gasteiger partial charge in [0.2, 0.25) is 0 Å². The van der Waals surface area contributed by atoms with Crippen LogP contribution in [-0.4, -0.2) is 24.2 Å². The summed E-state index contributed by atoms with van der Waals surface area (Å²) < 4.78 is 5.59. The zero-order valence-electron chi connectivity index (χ0n) is 11.3. The van der Waals surface area contributed by atoms with Gasteiger partial charge in [-0.2, -0.15) is 0 Å². The number of benzene rings is 1. The van der Waals surface area contributed by atoms with E-state index < -0.39 is 0 Å². The Hall–Kier alpha value is -1.45. The van der Waals surface area contributed by atoms with Gasteiger partial charge >= 0.3 is 0 Å². The Kier molecular flexibility index (Phi) is 3.76. The number of para-hydroxylation sites is 1. The fraction of sp³-hybridized carbons (Fsp3) is 0.438. The molecule has 0 bridgehead atoms. The summed E-state index contributed by atoms with van der Waals surface area (Å²) in [6.45, 7) is 4.96. The third-order valence-electron chi connectivity index (χ3n) is 3.97. The van der Waals surface area contributed by atoms with Gasteiger partial charge in [0.1, 0.15) is 0 Å². The minimum atomic E-state index is 0.387. The minimum Gasteiger partial charge on any atom is -0.378 e. The van der Waals surface area contributed by atoms with E-state index in [0.717, 1.165) is 25.2 Å². The Balaban J connectivity index is 1.65. The van der Waals surface area contributed by atoms with Gasteiger partial charge in [0, 0.05) is 31.3 Å². The maximum Gasteiger partial charge on any atom is 0.0746 e. The molecule has 0 aliphatic carbocycles. The van der Waals surface area contributed by atoms with Crippen LogP contribution in [-0.2, 0) is 11.3 Å². The number of hydrogen-bond donors (Lipinski definition) is 1. The predicted molar refractivity (Wildman–Crippen MR) is 77.0 cm³/mol. The number of hydrogen-bond acceptors (Lipinski definition) is 3. The molecule has 1 aromatic carbocycles. The molecule has 1 saturated heterocycles. The highest BCUT2D eigenvalue weighted by molar-refractivity contribution is 5.81. The molecule has 2 heterocycles. The second-order valence-electron chi connectivity index (χ2n) is 5.25. The van der Waals surface area contributed by atoms with Gasteiger partial charge in [-0.1, -0.05) is 24.3 Å². The smallest absolute Gasteiger partial charge is 0.0746 e. The zero-order chi connectivity index (χ0) is 13.1. The Morgan fingerprint density at radius 2 is 2.21 bits per heavy atom. The van der Waals surface area contributed by atoms with Crippen molar-refractivity contribution < 1.29 is 4.74 Å². The highest BCUT2D eigenvalue weighted by Gasteiger charge is 2.23. The molecule has 0 saturated carbocycles. The molecule has 19 heavy (non-hydrogen) atoms. The molecule has 1 aliphatic heterocycles. The van der Waals surface area contributed by atoms with Crippen molar-refractivity contribution in [2.24, 2.45) is 5.92 Å². The molecule has 0 radical (unpaired) electrons. The molecule has 1 N–H and O–H groups in total. The summed E-state index contributed by atoms with van der Waals surface area (Å²) in [6, 6.07) is 10.5. The normalized spacial score (nSPS) is 23.0. The van der Waals surface area contributed by atoms with Crippen molar-refractivity contribution in [3.63, 3.8) is 0 Å². The van der Waals surface area contributed by atoms with Crippen LogP contribution < -0.4 is 5.32 Å². The highest BCUT2D eigenvalue weighted by Crippen LogP contribution is 2.20. The average Bonchev–Trinajstić information content (AvgIpc) is 2.85. The van der Waals surface area contributed by atoms with E-state index in [0.29, 0.717) is 12.0 Å². The first-order chi connectivity index (χ1) is 9.34. The molecule has 2 aromatic rings. The summed E-state index contributed by atoms with van der Waals surface area (Å²) in [7, 11) is 0. The molecule has 100 valence electrons. The number of rotatable bonds is 4. The average molecular weight is 256 g/mol. The van der Waals surface area contributed by atoms with Gasteiger partial charge in [-0.25, -0.2) is 0 Å². The standard InChI is InChI=1S/C16H20N2O/c1-12-14(7-9-19-12)10-17-11-15-5-2-4-13-6-3-8-18-16(13)15/h2-6,8,12,14,17H,7,9-11H2,1H3. The first kappa shape index (κ1) is 12.6. The molecule has 2 atom stereocenters. The van der Waals surface area contributed by atoms with Gasteiger partial charge in [-0.15, -0.1) is 0 Å². The largest absolute Gasteiger partial charge is 0.378 e. The van der Waals surface area contributed by atoms with Crippen LogP contribution in [0.4, 0.5) is 0 Å². The molecule has 1 aliphatic rings. The van der Waals surface area contributed by atoms with Crippen molar-refractivity contribution in [1.82, 2.24) is 10.3 Å². The van der Waals surface area contributed by atoms with Crippen LogP contribution in [0.1, 0.15) is 18.9 Å². The molecular weight excluding hydrogens is 236 g/mol. The second-order valence-corrected chi connectivity index (χ2v) is 5.25. The number of nitrogens with zero attached hydrogens (tertiary/aromatic N) is 1. The molecule has 0 amide bonds. The lowest BCUT2D eigenvalue weighted by atomic mass is 10.0. The Labute approximate surface area is 114 Å². The molecular formula is C16H20N2O. The van der Waals surface area contributed by atoms with E-state index in [1.165, 1.54) is 17.4 Å². The fourth-order valence-corrected chi connectivity index (χ4v) is 2.75. The van der Waals surface area contributed by atoms with E-state index in [2.05, 4.69) is 41.5 Å². The Morgan fingerprint density at radius 3 is 3.05 bits per heavy atom. The van der Waals surface area contributed by atoms with Gasteiger partial charge < -0.3 is 10.1 Å². The summed E-state index contributed by atoms with van der Waals surface area (Å²) >= 11 is 0. The third-order valence-corrected chi connectivity index (χ3v) is 3.97. The predicted octanol–water partition coefficient (Wildman–Crippen LogP) is 2.75. The maximum absolute atomic E-state index is 5.59. The van der Waals surface area contributed by atoms with Crippen molar-refractivity contribution in [3.05, 3.63) is 42.1 Å². The van der Waals surface area contributed by atoms with Crippen molar-refractivity contribution in [2.45, 2.75) is 26.0 Å². The molecule has 0 spiro atoms. The maximum atomic E-state index is 5.59. The molecule has 3 heteroatoms.